The molecule has 1 atom stereocenters. The first-order valence-electron chi connectivity index (χ1n) is 5.51. The maximum Gasteiger partial charge on any atom is 0.145 e. The van der Waals surface area contributed by atoms with Crippen molar-refractivity contribution in [2.45, 2.75) is 12.5 Å². The molecule has 2 N–H and O–H groups in total. The molecule has 17 heavy (non-hydrogen) atoms. The van der Waals surface area contributed by atoms with Crippen LogP contribution in [-0.4, -0.2) is 22.1 Å². The van der Waals surface area contributed by atoms with Gasteiger partial charge in [-0.05, 0) is 37.2 Å². The van der Waals surface area contributed by atoms with Gasteiger partial charge in [-0.15, -0.1) is 0 Å². The Balaban J connectivity index is 2.13. The summed E-state index contributed by atoms with van der Waals surface area (Å²) in [7, 11) is 1.89. The lowest BCUT2D eigenvalue weighted by atomic mass is 10.1. The fraction of sp³-hybridized carbons (Fsp3) is 0.231. The van der Waals surface area contributed by atoms with Crippen LogP contribution in [0.4, 0.5) is 0 Å². The Labute approximate surface area is 100 Å². The maximum atomic E-state index is 9.22. The molecule has 1 unspecified atom stereocenters. The lowest BCUT2D eigenvalue weighted by Crippen LogP contribution is -2.21. The van der Waals surface area contributed by atoms with Crippen molar-refractivity contribution in [3.63, 3.8) is 0 Å². The van der Waals surface area contributed by atoms with Gasteiger partial charge in [0.15, 0.2) is 0 Å². The standard InChI is InChI=1S/C13H15N3O/c1-14-12(13-15-7-2-8-16-13)9-10-3-5-11(17)6-4-10/h2-8,12,14,17H,9H2,1H3. The molecule has 88 valence electrons. The van der Waals surface area contributed by atoms with E-state index >= 15 is 0 Å². The van der Waals surface area contributed by atoms with Crippen molar-refractivity contribution in [1.29, 1.82) is 0 Å². The lowest BCUT2D eigenvalue weighted by Gasteiger charge is -2.14. The number of aromatic hydroxyl groups is 1. The second-order valence-corrected chi connectivity index (χ2v) is 3.82. The fourth-order valence-corrected chi connectivity index (χ4v) is 1.68. The Morgan fingerprint density at radius 1 is 1.18 bits per heavy atom. The van der Waals surface area contributed by atoms with E-state index in [1.54, 1.807) is 30.6 Å². The number of hydrogen-bond acceptors (Lipinski definition) is 4. The number of rotatable bonds is 4. The molecule has 1 heterocycles. The van der Waals surface area contributed by atoms with Crippen LogP contribution < -0.4 is 5.32 Å². The van der Waals surface area contributed by atoms with Gasteiger partial charge in [-0.3, -0.25) is 0 Å². The van der Waals surface area contributed by atoms with Gasteiger partial charge in [-0.25, -0.2) is 9.97 Å². The molecule has 2 rings (SSSR count). The van der Waals surface area contributed by atoms with E-state index in [9.17, 15) is 5.11 Å². The van der Waals surface area contributed by atoms with Crippen molar-refractivity contribution < 1.29 is 5.11 Å². The summed E-state index contributed by atoms with van der Waals surface area (Å²) in [6.07, 6.45) is 4.27. The smallest absolute Gasteiger partial charge is 0.145 e. The molecule has 0 amide bonds. The number of hydrogen-bond donors (Lipinski definition) is 2. The fourth-order valence-electron chi connectivity index (χ4n) is 1.68. The molecule has 0 spiro atoms. The molecule has 0 aliphatic heterocycles. The van der Waals surface area contributed by atoms with E-state index in [-0.39, 0.29) is 11.8 Å². The van der Waals surface area contributed by atoms with Gasteiger partial charge >= 0.3 is 0 Å². The number of phenols is 1. The third-order valence-corrected chi connectivity index (χ3v) is 2.62. The monoisotopic (exact) mass is 229 g/mol. The van der Waals surface area contributed by atoms with Crippen LogP contribution >= 0.6 is 0 Å². The molecule has 1 aromatic carbocycles. The zero-order valence-electron chi connectivity index (χ0n) is 9.67. The first kappa shape index (κ1) is 11.5. The molecule has 4 nitrogen and oxygen atoms in total. The van der Waals surface area contributed by atoms with Gasteiger partial charge in [0.05, 0.1) is 6.04 Å². The minimum Gasteiger partial charge on any atom is -0.508 e. The van der Waals surface area contributed by atoms with Crippen LogP contribution in [0.25, 0.3) is 0 Å². The van der Waals surface area contributed by atoms with E-state index < -0.39 is 0 Å². The van der Waals surface area contributed by atoms with Crippen molar-refractivity contribution in [3.05, 3.63) is 54.1 Å². The molecule has 0 aliphatic carbocycles. The number of nitrogens with one attached hydrogen (secondary N) is 1. The summed E-state index contributed by atoms with van der Waals surface area (Å²) in [4.78, 5) is 8.48. The number of phenolic OH excluding ortho intramolecular Hbond substituents is 1. The highest BCUT2D eigenvalue weighted by molar-refractivity contribution is 5.26. The first-order chi connectivity index (χ1) is 8.29. The van der Waals surface area contributed by atoms with E-state index in [4.69, 9.17) is 0 Å². The van der Waals surface area contributed by atoms with E-state index in [2.05, 4.69) is 15.3 Å². The van der Waals surface area contributed by atoms with Gasteiger partial charge in [0, 0.05) is 12.4 Å². The molecule has 2 aromatic rings. The van der Waals surface area contributed by atoms with Gasteiger partial charge < -0.3 is 10.4 Å². The van der Waals surface area contributed by atoms with Crippen LogP contribution in [0.2, 0.25) is 0 Å². The minimum absolute atomic E-state index is 0.0840. The van der Waals surface area contributed by atoms with Crippen molar-refractivity contribution in [2.24, 2.45) is 0 Å². The largest absolute Gasteiger partial charge is 0.508 e. The second kappa shape index (κ2) is 5.41. The van der Waals surface area contributed by atoms with Gasteiger partial charge in [0.2, 0.25) is 0 Å². The van der Waals surface area contributed by atoms with E-state index in [1.165, 1.54) is 0 Å². The number of aromatic nitrogens is 2. The zero-order chi connectivity index (χ0) is 12.1. The molecular weight excluding hydrogens is 214 g/mol. The summed E-state index contributed by atoms with van der Waals surface area (Å²) in [6.45, 7) is 0. The molecule has 0 fully saturated rings. The highest BCUT2D eigenvalue weighted by Crippen LogP contribution is 2.16. The Bertz CT molecular complexity index is 456. The molecule has 0 saturated heterocycles. The van der Waals surface area contributed by atoms with Crippen LogP contribution in [0.3, 0.4) is 0 Å². The highest BCUT2D eigenvalue weighted by atomic mass is 16.3. The van der Waals surface area contributed by atoms with E-state index in [0.29, 0.717) is 0 Å². The number of nitrogens with zero attached hydrogens (tertiary/aromatic N) is 2. The summed E-state index contributed by atoms with van der Waals surface area (Å²) >= 11 is 0. The normalized spacial score (nSPS) is 12.3. The molecule has 0 radical (unpaired) electrons. The lowest BCUT2D eigenvalue weighted by molar-refractivity contribution is 0.474. The minimum atomic E-state index is 0.0840. The third-order valence-electron chi connectivity index (χ3n) is 2.62. The predicted molar refractivity (Wildman–Crippen MR) is 65.6 cm³/mol. The molecular formula is C13H15N3O. The first-order valence-corrected chi connectivity index (χ1v) is 5.51. The summed E-state index contributed by atoms with van der Waals surface area (Å²) in [5.41, 5.74) is 1.13. The van der Waals surface area contributed by atoms with Crippen LogP contribution in [0.1, 0.15) is 17.4 Å². The molecule has 0 aliphatic rings. The van der Waals surface area contributed by atoms with E-state index in [1.807, 2.05) is 19.2 Å². The van der Waals surface area contributed by atoms with Gasteiger partial charge in [0.1, 0.15) is 11.6 Å². The molecule has 0 bridgehead atoms. The topological polar surface area (TPSA) is 58.0 Å². The van der Waals surface area contributed by atoms with Crippen molar-refractivity contribution >= 4 is 0 Å². The summed E-state index contributed by atoms with van der Waals surface area (Å²) in [5.74, 6) is 1.06. The van der Waals surface area contributed by atoms with Crippen LogP contribution in [0.5, 0.6) is 5.75 Å². The van der Waals surface area contributed by atoms with Crippen molar-refractivity contribution in [1.82, 2.24) is 15.3 Å². The zero-order valence-corrected chi connectivity index (χ0v) is 9.67. The molecule has 4 heteroatoms. The van der Waals surface area contributed by atoms with Gasteiger partial charge in [-0.1, -0.05) is 12.1 Å². The summed E-state index contributed by atoms with van der Waals surface area (Å²) in [5, 5.41) is 12.4. The van der Waals surface area contributed by atoms with Crippen LogP contribution in [0.15, 0.2) is 42.7 Å². The second-order valence-electron chi connectivity index (χ2n) is 3.82. The highest BCUT2D eigenvalue weighted by Gasteiger charge is 2.12. The Morgan fingerprint density at radius 3 is 2.41 bits per heavy atom. The summed E-state index contributed by atoms with van der Waals surface area (Å²) in [6, 6.07) is 9.07. The molecule has 0 saturated carbocycles. The average molecular weight is 229 g/mol. The van der Waals surface area contributed by atoms with Crippen molar-refractivity contribution in [3.8, 4) is 5.75 Å². The van der Waals surface area contributed by atoms with Crippen LogP contribution in [-0.2, 0) is 6.42 Å². The van der Waals surface area contributed by atoms with Crippen molar-refractivity contribution in [2.75, 3.05) is 7.05 Å². The average Bonchev–Trinajstić information content (AvgIpc) is 2.39. The number of benzene rings is 1. The quantitative estimate of drug-likeness (QED) is 0.837. The third kappa shape index (κ3) is 3.01. The van der Waals surface area contributed by atoms with Crippen LogP contribution in [0, 0.1) is 0 Å². The Kier molecular flexibility index (Phi) is 3.67. The van der Waals surface area contributed by atoms with E-state index in [0.717, 1.165) is 17.8 Å². The van der Waals surface area contributed by atoms with Gasteiger partial charge in [0.25, 0.3) is 0 Å². The number of likely N-dealkylation sites (N-methyl/N-ethyl adjacent to an activating group) is 1. The maximum absolute atomic E-state index is 9.22. The SMILES string of the molecule is CNC(Cc1ccc(O)cc1)c1ncccn1. The van der Waals surface area contributed by atoms with Gasteiger partial charge in [-0.2, -0.15) is 0 Å². The Morgan fingerprint density at radius 2 is 1.82 bits per heavy atom. The molecule has 1 aromatic heterocycles. The summed E-state index contributed by atoms with van der Waals surface area (Å²) < 4.78 is 0. The predicted octanol–water partition coefficient (Wildman–Crippen LogP) is 1.69. The Hall–Kier alpha value is -1.94.